The van der Waals surface area contributed by atoms with Gasteiger partial charge in [-0.1, -0.05) is 32.6 Å². The van der Waals surface area contributed by atoms with E-state index >= 15 is 0 Å². The summed E-state index contributed by atoms with van der Waals surface area (Å²) in [5.74, 6) is -0.349. The fourth-order valence-electron chi connectivity index (χ4n) is 1.68. The van der Waals surface area contributed by atoms with E-state index in [4.69, 9.17) is 5.26 Å². The fourth-order valence-corrected chi connectivity index (χ4v) is 1.68. The molecular formula is C14H19FN2. The molecule has 0 heterocycles. The third kappa shape index (κ3) is 4.86. The molecule has 0 unspecified atom stereocenters. The summed E-state index contributed by atoms with van der Waals surface area (Å²) in [4.78, 5) is 0. The van der Waals surface area contributed by atoms with Gasteiger partial charge >= 0.3 is 0 Å². The van der Waals surface area contributed by atoms with Crippen LogP contribution in [0.15, 0.2) is 18.2 Å². The summed E-state index contributed by atoms with van der Waals surface area (Å²) in [5, 5.41) is 11.7. The minimum Gasteiger partial charge on any atom is -0.383 e. The smallest absolute Gasteiger partial charge is 0.147 e. The predicted octanol–water partition coefficient (Wildman–Crippen LogP) is 4.08. The van der Waals surface area contributed by atoms with Gasteiger partial charge in [0, 0.05) is 6.54 Å². The second-order valence-corrected chi connectivity index (χ2v) is 4.15. The number of unbranched alkanes of at least 4 members (excludes halogenated alkanes) is 4. The summed E-state index contributed by atoms with van der Waals surface area (Å²) in [6.07, 6.45) is 5.98. The highest BCUT2D eigenvalue weighted by atomic mass is 19.1. The summed E-state index contributed by atoms with van der Waals surface area (Å²) in [6, 6.07) is 6.43. The Kier molecular flexibility index (Phi) is 6.09. The van der Waals surface area contributed by atoms with E-state index in [1.807, 2.05) is 6.07 Å². The van der Waals surface area contributed by atoms with E-state index in [-0.39, 0.29) is 5.82 Å². The van der Waals surface area contributed by atoms with Crippen LogP contribution in [-0.2, 0) is 0 Å². The van der Waals surface area contributed by atoms with E-state index in [1.54, 1.807) is 12.1 Å². The quantitative estimate of drug-likeness (QED) is 0.721. The second-order valence-electron chi connectivity index (χ2n) is 4.15. The number of hydrogen-bond acceptors (Lipinski definition) is 2. The number of hydrogen-bond donors (Lipinski definition) is 1. The molecule has 3 heteroatoms. The Morgan fingerprint density at radius 1 is 1.24 bits per heavy atom. The average Bonchev–Trinajstić information content (AvgIpc) is 2.35. The van der Waals surface area contributed by atoms with Crippen molar-refractivity contribution < 1.29 is 4.39 Å². The van der Waals surface area contributed by atoms with Crippen LogP contribution in [0.1, 0.15) is 44.6 Å². The molecule has 0 amide bonds. The molecule has 0 aliphatic heterocycles. The standard InChI is InChI=1S/C14H19FN2/c1-2-3-4-5-6-9-17-14-8-7-12(11-16)10-13(14)15/h7-8,10,17H,2-6,9H2,1H3. The lowest BCUT2D eigenvalue weighted by Crippen LogP contribution is -2.03. The molecule has 0 atom stereocenters. The van der Waals surface area contributed by atoms with Crippen molar-refractivity contribution in [2.45, 2.75) is 39.0 Å². The van der Waals surface area contributed by atoms with E-state index in [0.717, 1.165) is 13.0 Å². The van der Waals surface area contributed by atoms with Crippen molar-refractivity contribution in [2.24, 2.45) is 0 Å². The van der Waals surface area contributed by atoms with Crippen LogP contribution in [0, 0.1) is 17.1 Å². The van der Waals surface area contributed by atoms with E-state index in [2.05, 4.69) is 12.2 Å². The zero-order valence-corrected chi connectivity index (χ0v) is 10.3. The largest absolute Gasteiger partial charge is 0.383 e. The lowest BCUT2D eigenvalue weighted by molar-refractivity contribution is 0.623. The Hall–Kier alpha value is -1.56. The molecule has 0 aliphatic carbocycles. The highest BCUT2D eigenvalue weighted by molar-refractivity contribution is 5.48. The molecule has 92 valence electrons. The maximum atomic E-state index is 13.5. The fraction of sp³-hybridized carbons (Fsp3) is 0.500. The Morgan fingerprint density at radius 3 is 2.65 bits per heavy atom. The first-order valence-corrected chi connectivity index (χ1v) is 6.21. The Balaban J connectivity index is 2.30. The lowest BCUT2D eigenvalue weighted by Gasteiger charge is -2.07. The lowest BCUT2D eigenvalue weighted by atomic mass is 10.1. The minimum atomic E-state index is -0.349. The van der Waals surface area contributed by atoms with E-state index < -0.39 is 0 Å². The summed E-state index contributed by atoms with van der Waals surface area (Å²) in [5.41, 5.74) is 0.843. The highest BCUT2D eigenvalue weighted by Gasteiger charge is 2.02. The highest BCUT2D eigenvalue weighted by Crippen LogP contribution is 2.15. The van der Waals surface area contributed by atoms with Gasteiger partial charge in [0.2, 0.25) is 0 Å². The van der Waals surface area contributed by atoms with Gasteiger partial charge in [-0.2, -0.15) is 5.26 Å². The first kappa shape index (κ1) is 13.5. The molecule has 0 aliphatic rings. The van der Waals surface area contributed by atoms with Crippen molar-refractivity contribution in [1.82, 2.24) is 0 Å². The molecule has 17 heavy (non-hydrogen) atoms. The minimum absolute atomic E-state index is 0.349. The van der Waals surface area contributed by atoms with Crippen LogP contribution in [0.4, 0.5) is 10.1 Å². The van der Waals surface area contributed by atoms with Crippen molar-refractivity contribution in [3.63, 3.8) is 0 Å². The average molecular weight is 234 g/mol. The summed E-state index contributed by atoms with van der Waals surface area (Å²) >= 11 is 0. The molecule has 0 fully saturated rings. The molecule has 0 aromatic heterocycles. The molecule has 2 nitrogen and oxygen atoms in total. The third-order valence-corrected chi connectivity index (χ3v) is 2.69. The van der Waals surface area contributed by atoms with E-state index in [9.17, 15) is 4.39 Å². The third-order valence-electron chi connectivity index (χ3n) is 2.69. The molecule has 0 saturated carbocycles. The zero-order valence-electron chi connectivity index (χ0n) is 10.3. The monoisotopic (exact) mass is 234 g/mol. The number of nitriles is 1. The van der Waals surface area contributed by atoms with Gasteiger partial charge in [0.15, 0.2) is 0 Å². The molecular weight excluding hydrogens is 215 g/mol. The molecule has 1 aromatic rings. The maximum absolute atomic E-state index is 13.5. The van der Waals surface area contributed by atoms with Crippen molar-refractivity contribution in [1.29, 1.82) is 5.26 Å². The van der Waals surface area contributed by atoms with Crippen molar-refractivity contribution in [3.8, 4) is 6.07 Å². The van der Waals surface area contributed by atoms with Crippen LogP contribution in [0.5, 0.6) is 0 Å². The van der Waals surface area contributed by atoms with Gasteiger partial charge in [0.25, 0.3) is 0 Å². The van der Waals surface area contributed by atoms with E-state index in [1.165, 1.54) is 31.7 Å². The molecule has 0 radical (unpaired) electrons. The molecule has 0 bridgehead atoms. The van der Waals surface area contributed by atoms with Gasteiger partial charge in [-0.05, 0) is 24.6 Å². The molecule has 1 rings (SSSR count). The van der Waals surface area contributed by atoms with E-state index in [0.29, 0.717) is 11.3 Å². The Labute approximate surface area is 102 Å². The number of nitrogens with zero attached hydrogens (tertiary/aromatic N) is 1. The van der Waals surface area contributed by atoms with Crippen molar-refractivity contribution in [2.75, 3.05) is 11.9 Å². The zero-order chi connectivity index (χ0) is 12.5. The molecule has 0 spiro atoms. The maximum Gasteiger partial charge on any atom is 0.147 e. The van der Waals surface area contributed by atoms with Crippen LogP contribution in [0.3, 0.4) is 0 Å². The Bertz CT molecular complexity index is 382. The number of benzene rings is 1. The first-order valence-electron chi connectivity index (χ1n) is 6.21. The summed E-state index contributed by atoms with van der Waals surface area (Å²) < 4.78 is 13.5. The number of rotatable bonds is 7. The van der Waals surface area contributed by atoms with Crippen LogP contribution in [-0.4, -0.2) is 6.54 Å². The Morgan fingerprint density at radius 2 is 2.00 bits per heavy atom. The van der Waals surface area contributed by atoms with Crippen molar-refractivity contribution >= 4 is 5.69 Å². The first-order chi connectivity index (χ1) is 8.27. The van der Waals surface area contributed by atoms with Crippen LogP contribution >= 0.6 is 0 Å². The van der Waals surface area contributed by atoms with Crippen LogP contribution < -0.4 is 5.32 Å². The van der Waals surface area contributed by atoms with Gasteiger partial charge in [-0.25, -0.2) is 4.39 Å². The van der Waals surface area contributed by atoms with Crippen LogP contribution in [0.2, 0.25) is 0 Å². The van der Waals surface area contributed by atoms with Gasteiger partial charge in [-0.15, -0.1) is 0 Å². The topological polar surface area (TPSA) is 35.8 Å². The van der Waals surface area contributed by atoms with Gasteiger partial charge < -0.3 is 5.32 Å². The second kappa shape index (κ2) is 7.67. The normalized spacial score (nSPS) is 9.94. The molecule has 1 N–H and O–H groups in total. The van der Waals surface area contributed by atoms with Gasteiger partial charge in [-0.3, -0.25) is 0 Å². The number of nitrogens with one attached hydrogen (secondary N) is 1. The summed E-state index contributed by atoms with van der Waals surface area (Å²) in [7, 11) is 0. The molecule has 1 aromatic carbocycles. The number of halogens is 1. The van der Waals surface area contributed by atoms with Crippen molar-refractivity contribution in [3.05, 3.63) is 29.6 Å². The predicted molar refractivity (Wildman–Crippen MR) is 68.4 cm³/mol. The van der Waals surface area contributed by atoms with Gasteiger partial charge in [0.1, 0.15) is 5.82 Å². The SMILES string of the molecule is CCCCCCCNc1ccc(C#N)cc1F. The van der Waals surface area contributed by atoms with Crippen LogP contribution in [0.25, 0.3) is 0 Å². The summed E-state index contributed by atoms with van der Waals surface area (Å²) in [6.45, 7) is 2.97. The number of anilines is 1. The molecule has 0 saturated heterocycles. The van der Waals surface area contributed by atoms with Gasteiger partial charge in [0.05, 0.1) is 17.3 Å².